The van der Waals surface area contributed by atoms with Gasteiger partial charge in [-0.25, -0.2) is 19.8 Å². The molecule has 21 rings (SSSR count). The van der Waals surface area contributed by atoms with Crippen molar-refractivity contribution >= 4 is 137 Å². The van der Waals surface area contributed by atoms with Crippen LogP contribution in [-0.2, 0) is 0 Å². The number of nitrogens with zero attached hydrogens (tertiary/aromatic N) is 6. The van der Waals surface area contributed by atoms with Gasteiger partial charge in [0.2, 0.25) is 0 Å². The minimum Gasteiger partial charge on any atom is -0.456 e. The molecule has 0 aliphatic carbocycles. The molecule has 7 heterocycles. The van der Waals surface area contributed by atoms with Crippen LogP contribution in [0, 0.1) is 6.57 Å². The Balaban J connectivity index is 0.993. The Labute approximate surface area is 557 Å². The number of aromatic nitrogens is 5. The zero-order valence-electron chi connectivity index (χ0n) is 52.0. The van der Waals surface area contributed by atoms with E-state index in [1.165, 1.54) is 0 Å². The van der Waals surface area contributed by atoms with Gasteiger partial charge in [0.1, 0.15) is 44.7 Å². The molecule has 0 saturated heterocycles. The van der Waals surface area contributed by atoms with Gasteiger partial charge in [-0.2, -0.15) is 0 Å². The molecule has 0 spiro atoms. The first-order valence-electron chi connectivity index (χ1n) is 32.7. The molecular formula is C88H48N6O4. The topological polar surface area (TPSA) is 105 Å². The molecule has 10 heteroatoms. The zero-order valence-corrected chi connectivity index (χ0v) is 52.0. The summed E-state index contributed by atoms with van der Waals surface area (Å²) in [6.07, 6.45) is 0. The van der Waals surface area contributed by atoms with E-state index in [1.54, 1.807) is 0 Å². The molecule has 454 valence electrons. The summed E-state index contributed by atoms with van der Waals surface area (Å²) < 4.78 is 32.3. The van der Waals surface area contributed by atoms with Crippen molar-refractivity contribution in [1.82, 2.24) is 24.1 Å². The van der Waals surface area contributed by atoms with Gasteiger partial charge in [0.05, 0.1) is 50.8 Å². The summed E-state index contributed by atoms with van der Waals surface area (Å²) in [6, 6.07) is 101. The number of para-hydroxylation sites is 4. The van der Waals surface area contributed by atoms with Crippen molar-refractivity contribution in [2.75, 3.05) is 0 Å². The van der Waals surface area contributed by atoms with E-state index in [-0.39, 0.29) is 0 Å². The Morgan fingerprint density at radius 3 is 1.12 bits per heavy atom. The molecule has 10 nitrogen and oxygen atoms in total. The lowest BCUT2D eigenvalue weighted by Gasteiger charge is -2.25. The van der Waals surface area contributed by atoms with Gasteiger partial charge in [-0.1, -0.05) is 200 Å². The van der Waals surface area contributed by atoms with E-state index < -0.39 is 0 Å². The highest BCUT2D eigenvalue weighted by atomic mass is 16.3. The predicted molar refractivity (Wildman–Crippen MR) is 396 cm³/mol. The fraction of sp³-hybridized carbons (Fsp3) is 0. The Hall–Kier alpha value is -13.6. The van der Waals surface area contributed by atoms with Gasteiger partial charge in [-0.15, -0.1) is 0 Å². The largest absolute Gasteiger partial charge is 0.456 e. The van der Waals surface area contributed by atoms with Crippen molar-refractivity contribution in [2.45, 2.75) is 0 Å². The SMILES string of the molecule is [C-]#[N+]c1cc(-c2nc(-c3cccc4oc5ccccc5c34)nc(-c3cccc4oc5ccccc5c34)n2)c(-n2c3ccc(-c4ccccc4)cc3c3c4oc5ccccc5c4ccc32)c(-n2c3ccc(-c4ccccc4)cc3c3c4oc5ccccc5c4ccc32)c1-c1ccccc1. The predicted octanol–water partition coefficient (Wildman–Crippen LogP) is 24.2. The molecule has 0 bridgehead atoms. The Kier molecular flexibility index (Phi) is 11.4. The van der Waals surface area contributed by atoms with E-state index in [9.17, 15) is 6.57 Å². The van der Waals surface area contributed by atoms with Crippen LogP contribution in [0.1, 0.15) is 0 Å². The van der Waals surface area contributed by atoms with E-state index in [1.807, 2.05) is 109 Å². The minimum absolute atomic E-state index is 0.327. The molecule has 7 aromatic heterocycles. The van der Waals surface area contributed by atoms with Crippen molar-refractivity contribution in [2.24, 2.45) is 0 Å². The molecule has 21 aromatic rings. The van der Waals surface area contributed by atoms with E-state index in [2.05, 4.69) is 196 Å². The summed E-state index contributed by atoms with van der Waals surface area (Å²) in [6.45, 7) is 9.65. The van der Waals surface area contributed by atoms with Crippen LogP contribution < -0.4 is 0 Å². The molecule has 0 unspecified atom stereocenters. The monoisotopic (exact) mass is 1250 g/mol. The fourth-order valence-corrected chi connectivity index (χ4v) is 15.6. The van der Waals surface area contributed by atoms with Gasteiger partial charge in [0, 0.05) is 76.1 Å². The standard InChI is InChI=1S/C88H48N6O4/c1-89-66-49-65(88-91-86(61-31-19-37-75-78(61)59-29-13-17-35-73(59)95-75)90-87(92-88)62-32-20-38-76-79(62)60-30-14-18-36-74(60)96-76)82(93-67-43-39-53(50-21-5-2-6-22-50)47-63(67)80-69(93)45-41-57-55-27-11-15-33-71(55)97-84(57)80)83(77(66)52-25-9-4-10-26-52)94-68-44-40-54(51-23-7-3-8-24-51)48-64(68)81-70(94)46-42-58-56-28-12-16-34-72(56)98-85(58)81/h2-49H. The lowest BCUT2D eigenvalue weighted by molar-refractivity contribution is 0.668. The Morgan fingerprint density at radius 2 is 0.653 bits per heavy atom. The van der Waals surface area contributed by atoms with Crippen LogP contribution in [-0.4, -0.2) is 24.1 Å². The van der Waals surface area contributed by atoms with Crippen molar-refractivity contribution in [1.29, 1.82) is 0 Å². The first kappa shape index (κ1) is 53.8. The summed E-state index contributed by atoms with van der Waals surface area (Å²) in [5.41, 5.74) is 19.1. The Bertz CT molecular complexity index is 6870. The van der Waals surface area contributed by atoms with Crippen molar-refractivity contribution in [3.63, 3.8) is 0 Å². The second-order valence-corrected chi connectivity index (χ2v) is 25.1. The molecule has 14 aromatic carbocycles. The average Bonchev–Trinajstić information content (AvgIpc) is 1.50. The average molecular weight is 1250 g/mol. The van der Waals surface area contributed by atoms with Crippen LogP contribution in [0.25, 0.3) is 215 Å². The quantitative estimate of drug-likeness (QED) is 0.140. The van der Waals surface area contributed by atoms with E-state index in [4.69, 9.17) is 32.6 Å². The van der Waals surface area contributed by atoms with Crippen LogP contribution in [0.3, 0.4) is 0 Å². The molecule has 0 fully saturated rings. The maximum absolute atomic E-state index is 9.65. The second kappa shape index (κ2) is 20.7. The minimum atomic E-state index is 0.327. The maximum atomic E-state index is 9.65. The third kappa shape index (κ3) is 7.81. The Morgan fingerprint density at radius 1 is 0.265 bits per heavy atom. The van der Waals surface area contributed by atoms with E-state index in [0.29, 0.717) is 56.8 Å². The second-order valence-electron chi connectivity index (χ2n) is 25.1. The van der Waals surface area contributed by atoms with E-state index in [0.717, 1.165) is 159 Å². The number of benzene rings is 14. The normalized spacial score (nSPS) is 12.1. The number of hydrogen-bond donors (Lipinski definition) is 0. The lowest BCUT2D eigenvalue weighted by atomic mass is 9.95. The van der Waals surface area contributed by atoms with Crippen LogP contribution in [0.4, 0.5) is 5.69 Å². The smallest absolute Gasteiger partial charge is 0.197 e. The van der Waals surface area contributed by atoms with Crippen molar-refractivity contribution in [3.8, 4) is 78.9 Å². The van der Waals surface area contributed by atoms with Gasteiger partial charge in [0.25, 0.3) is 0 Å². The number of furan rings is 4. The maximum Gasteiger partial charge on any atom is 0.197 e. The highest BCUT2D eigenvalue weighted by Gasteiger charge is 2.33. The molecule has 98 heavy (non-hydrogen) atoms. The van der Waals surface area contributed by atoms with Gasteiger partial charge in [-0.05, 0) is 119 Å². The van der Waals surface area contributed by atoms with Crippen LogP contribution >= 0.6 is 0 Å². The third-order valence-electron chi connectivity index (χ3n) is 19.8. The van der Waals surface area contributed by atoms with Gasteiger partial charge in [-0.3, -0.25) is 0 Å². The van der Waals surface area contributed by atoms with Crippen LogP contribution in [0.15, 0.2) is 309 Å². The summed E-state index contributed by atoms with van der Waals surface area (Å²) in [4.78, 5) is 21.9. The molecule has 0 aliphatic heterocycles. The summed E-state index contributed by atoms with van der Waals surface area (Å²) in [5.74, 6) is 1.15. The highest BCUT2D eigenvalue weighted by molar-refractivity contribution is 6.27. The molecular weight excluding hydrogens is 1210 g/mol. The molecule has 0 atom stereocenters. The van der Waals surface area contributed by atoms with Gasteiger partial charge in [0.15, 0.2) is 23.2 Å². The number of hydrogen-bond acceptors (Lipinski definition) is 7. The molecule has 0 radical (unpaired) electrons. The number of rotatable bonds is 8. The first-order chi connectivity index (χ1) is 48.6. The first-order valence-corrected chi connectivity index (χ1v) is 32.7. The van der Waals surface area contributed by atoms with Gasteiger partial charge >= 0.3 is 0 Å². The molecule has 0 N–H and O–H groups in total. The summed E-state index contributed by atoms with van der Waals surface area (Å²) in [5, 5.41) is 11.4. The third-order valence-corrected chi connectivity index (χ3v) is 19.8. The van der Waals surface area contributed by atoms with Crippen molar-refractivity contribution < 1.29 is 17.7 Å². The highest BCUT2D eigenvalue weighted by Crippen LogP contribution is 2.53. The summed E-state index contributed by atoms with van der Waals surface area (Å²) >= 11 is 0. The zero-order chi connectivity index (χ0) is 64.3. The van der Waals surface area contributed by atoms with Crippen LogP contribution in [0.2, 0.25) is 0 Å². The number of fused-ring (bicyclic) bond motifs is 20. The lowest BCUT2D eigenvalue weighted by Crippen LogP contribution is -2.10. The van der Waals surface area contributed by atoms with Crippen molar-refractivity contribution in [3.05, 3.63) is 303 Å². The fourth-order valence-electron chi connectivity index (χ4n) is 15.6. The van der Waals surface area contributed by atoms with Gasteiger partial charge < -0.3 is 26.8 Å². The molecule has 0 amide bonds. The van der Waals surface area contributed by atoms with E-state index >= 15 is 0 Å². The molecule has 0 aliphatic rings. The molecule has 0 saturated carbocycles. The summed E-state index contributed by atoms with van der Waals surface area (Å²) in [7, 11) is 0. The van der Waals surface area contributed by atoms with Crippen LogP contribution in [0.5, 0.6) is 0 Å².